The van der Waals surface area contributed by atoms with Crippen LogP contribution in [0, 0.1) is 0 Å². The summed E-state index contributed by atoms with van der Waals surface area (Å²) in [4.78, 5) is 62.1. The highest BCUT2D eigenvalue weighted by atomic mass is 32.2. The number of aliphatic imine (C=N–C) groups is 1. The number of amidine groups is 1. The normalized spacial score (nSPS) is 17.8. The molecular formula is C34H39N5O10S. The van der Waals surface area contributed by atoms with Crippen LogP contribution in [0.5, 0.6) is 0 Å². The van der Waals surface area contributed by atoms with E-state index in [9.17, 15) is 27.6 Å². The number of rotatable bonds is 13. The lowest BCUT2D eigenvalue weighted by molar-refractivity contribution is -0.175. The monoisotopic (exact) mass is 709 g/mol. The molecule has 0 saturated carbocycles. The van der Waals surface area contributed by atoms with Crippen molar-refractivity contribution in [2.24, 2.45) is 10.7 Å². The largest absolute Gasteiger partial charge is 0.509 e. The number of esters is 2. The first-order chi connectivity index (χ1) is 23.9. The molecule has 0 fully saturated rings. The van der Waals surface area contributed by atoms with Gasteiger partial charge in [0.1, 0.15) is 25.1 Å². The number of unbranched alkanes of at least 4 members (excludes halogenated alkanes) is 2. The Kier molecular flexibility index (Phi) is 9.68. The predicted molar refractivity (Wildman–Crippen MR) is 183 cm³/mol. The fourth-order valence-electron chi connectivity index (χ4n) is 6.57. The number of anilines is 1. The molecule has 0 radical (unpaired) electrons. The molecule has 15 nitrogen and oxygen atoms in total. The number of ether oxygens (including phenoxy) is 4. The molecule has 3 aliphatic heterocycles. The number of fused-ring (bicyclic) bond motifs is 5. The van der Waals surface area contributed by atoms with E-state index in [2.05, 4.69) is 12.2 Å². The van der Waals surface area contributed by atoms with Gasteiger partial charge < -0.3 is 34.6 Å². The lowest BCUT2D eigenvalue weighted by atomic mass is 9.85. The Bertz CT molecular complexity index is 2090. The molecule has 50 heavy (non-hydrogen) atoms. The standard InChI is InChI=1S/C34H39N5O10S/c1-4-7-8-12-26-36-23-10-9-11-24-27(23)29(38-26)19-16-39-25(28(19)37-24)15-21-20(30(39)40)17-48-32(42)34(21,5-2)49-33(43)47-13-14-50(44,45)18-22(35)31(41)46-6-3/h9-11,15,22H,4-8,12-14,16-18,35H2,1-3H3,(H,36,38)/t22-,34-/m0/s1. The highest BCUT2D eigenvalue weighted by Crippen LogP contribution is 2.46. The molecule has 0 spiro atoms. The van der Waals surface area contributed by atoms with E-state index in [0.717, 1.165) is 53.8 Å². The summed E-state index contributed by atoms with van der Waals surface area (Å²) >= 11 is 0. The van der Waals surface area contributed by atoms with Gasteiger partial charge in [0.05, 0.1) is 58.5 Å². The fourth-order valence-corrected chi connectivity index (χ4v) is 7.75. The van der Waals surface area contributed by atoms with Crippen LogP contribution >= 0.6 is 0 Å². The van der Waals surface area contributed by atoms with Crippen LogP contribution in [0.25, 0.3) is 22.3 Å². The quantitative estimate of drug-likeness (QED) is 0.116. The number of nitrogens with one attached hydrogen (secondary N) is 1. The number of sulfone groups is 1. The number of aromatic nitrogens is 2. The third kappa shape index (κ3) is 6.33. The van der Waals surface area contributed by atoms with E-state index in [0.29, 0.717) is 16.9 Å². The van der Waals surface area contributed by atoms with Crippen molar-refractivity contribution < 1.29 is 41.7 Å². The van der Waals surface area contributed by atoms with E-state index < -0.39 is 63.2 Å². The van der Waals surface area contributed by atoms with Crippen LogP contribution in [0.4, 0.5) is 16.2 Å². The molecule has 3 aromatic rings. The van der Waals surface area contributed by atoms with Crippen LogP contribution in [-0.4, -0.2) is 72.7 Å². The van der Waals surface area contributed by atoms with Crippen molar-refractivity contribution in [1.29, 1.82) is 0 Å². The maximum absolute atomic E-state index is 14.1. The summed E-state index contributed by atoms with van der Waals surface area (Å²) in [6.07, 6.45) is 2.42. The molecule has 2 aromatic heterocycles. The van der Waals surface area contributed by atoms with Gasteiger partial charge in [-0.2, -0.15) is 0 Å². The molecule has 0 aliphatic carbocycles. The van der Waals surface area contributed by atoms with Crippen molar-refractivity contribution in [2.45, 2.75) is 77.7 Å². The lowest BCUT2D eigenvalue weighted by Crippen LogP contribution is -2.47. The molecule has 1 aromatic carbocycles. The lowest BCUT2D eigenvalue weighted by Gasteiger charge is -2.35. The minimum Gasteiger partial charge on any atom is -0.465 e. The predicted octanol–water partition coefficient (Wildman–Crippen LogP) is 3.58. The van der Waals surface area contributed by atoms with Gasteiger partial charge in [-0.15, -0.1) is 0 Å². The minimum atomic E-state index is -3.94. The van der Waals surface area contributed by atoms with Crippen molar-refractivity contribution in [1.82, 2.24) is 9.55 Å². The molecule has 266 valence electrons. The van der Waals surface area contributed by atoms with Gasteiger partial charge in [-0.25, -0.2) is 28.0 Å². The van der Waals surface area contributed by atoms with Gasteiger partial charge in [-0.1, -0.05) is 32.8 Å². The summed E-state index contributed by atoms with van der Waals surface area (Å²) in [5, 5.41) is 4.29. The van der Waals surface area contributed by atoms with Gasteiger partial charge in [0.2, 0.25) is 5.60 Å². The molecule has 0 unspecified atom stereocenters. The first-order valence-corrected chi connectivity index (χ1v) is 18.5. The first-order valence-electron chi connectivity index (χ1n) is 16.7. The Morgan fingerprint density at radius 1 is 1.14 bits per heavy atom. The molecule has 0 amide bonds. The summed E-state index contributed by atoms with van der Waals surface area (Å²) in [5.41, 5.74) is 7.44. The molecule has 0 bridgehead atoms. The van der Waals surface area contributed by atoms with Gasteiger partial charge in [0, 0.05) is 22.9 Å². The Balaban J connectivity index is 1.30. The Labute approximate surface area is 288 Å². The number of nitrogens with zero attached hydrogens (tertiary/aromatic N) is 3. The second kappa shape index (κ2) is 13.8. The molecule has 3 aliphatic rings. The number of carbonyl (C=O) groups is 3. The number of nitrogens with two attached hydrogens (primary N) is 1. The number of hydrogen-bond acceptors (Lipinski definition) is 14. The summed E-state index contributed by atoms with van der Waals surface area (Å²) in [5.74, 6) is -2.32. The highest BCUT2D eigenvalue weighted by Gasteiger charge is 2.51. The second-order valence-corrected chi connectivity index (χ2v) is 14.6. The molecule has 5 heterocycles. The minimum absolute atomic E-state index is 0.0374. The van der Waals surface area contributed by atoms with Crippen molar-refractivity contribution >= 4 is 56.0 Å². The summed E-state index contributed by atoms with van der Waals surface area (Å²) in [6, 6.07) is 5.97. The SMILES string of the molecule is CCCCCC1=Nc2c3c(nc4cccc(c24)N1)-c1cc2c(c(=O)n1C3)COC(=O)[C@@]2(CC)OC(=O)OCCS(=O)(=O)C[C@H](N)C(=O)OCC. The van der Waals surface area contributed by atoms with Gasteiger partial charge >= 0.3 is 18.1 Å². The molecule has 3 N–H and O–H groups in total. The van der Waals surface area contributed by atoms with Crippen molar-refractivity contribution in [3.05, 3.63) is 51.3 Å². The third-order valence-electron chi connectivity index (χ3n) is 9.09. The van der Waals surface area contributed by atoms with E-state index in [4.69, 9.17) is 34.7 Å². The van der Waals surface area contributed by atoms with Crippen molar-refractivity contribution in [2.75, 3.05) is 30.0 Å². The zero-order valence-electron chi connectivity index (χ0n) is 28.1. The highest BCUT2D eigenvalue weighted by molar-refractivity contribution is 7.91. The van der Waals surface area contributed by atoms with E-state index >= 15 is 0 Å². The zero-order valence-corrected chi connectivity index (χ0v) is 28.9. The maximum Gasteiger partial charge on any atom is 0.509 e. The van der Waals surface area contributed by atoms with Crippen molar-refractivity contribution in [3.63, 3.8) is 0 Å². The zero-order chi connectivity index (χ0) is 35.8. The van der Waals surface area contributed by atoms with E-state index in [1.165, 1.54) is 0 Å². The van der Waals surface area contributed by atoms with Crippen LogP contribution in [0.15, 0.2) is 34.1 Å². The van der Waals surface area contributed by atoms with Gasteiger partial charge in [0.25, 0.3) is 5.56 Å². The molecule has 16 heteroatoms. The second-order valence-electron chi connectivity index (χ2n) is 12.4. The van der Waals surface area contributed by atoms with E-state index in [1.807, 2.05) is 18.2 Å². The third-order valence-corrected chi connectivity index (χ3v) is 10.7. The van der Waals surface area contributed by atoms with E-state index in [-0.39, 0.29) is 37.3 Å². The summed E-state index contributed by atoms with van der Waals surface area (Å²) < 4.78 is 47.3. The van der Waals surface area contributed by atoms with E-state index in [1.54, 1.807) is 24.5 Å². The average molecular weight is 710 g/mol. The number of carbonyl (C=O) groups excluding carboxylic acids is 3. The van der Waals surface area contributed by atoms with Gasteiger partial charge in [-0.05, 0) is 38.0 Å². The first kappa shape index (κ1) is 35.0. The number of hydrogen-bond donors (Lipinski definition) is 2. The smallest absolute Gasteiger partial charge is 0.465 e. The molecule has 0 saturated heterocycles. The van der Waals surface area contributed by atoms with Crippen LogP contribution in [-0.2, 0) is 57.1 Å². The topological polar surface area (TPSA) is 208 Å². The van der Waals surface area contributed by atoms with Crippen LogP contribution in [0.1, 0.15) is 69.6 Å². The number of benzene rings is 1. The van der Waals surface area contributed by atoms with Gasteiger partial charge in [0.15, 0.2) is 9.84 Å². The summed E-state index contributed by atoms with van der Waals surface area (Å²) in [6.45, 7) is 4.54. The Hall–Kier alpha value is -4.83. The molecule has 6 rings (SSSR count). The average Bonchev–Trinajstić information content (AvgIpc) is 3.45. The van der Waals surface area contributed by atoms with Crippen LogP contribution in [0.3, 0.4) is 0 Å². The number of pyridine rings is 2. The Morgan fingerprint density at radius 2 is 1.94 bits per heavy atom. The summed E-state index contributed by atoms with van der Waals surface area (Å²) in [7, 11) is -3.94. The fraction of sp³-hybridized carbons (Fsp3) is 0.471. The maximum atomic E-state index is 14.1. The molecule has 2 atom stereocenters. The Morgan fingerprint density at radius 3 is 2.68 bits per heavy atom. The van der Waals surface area contributed by atoms with Gasteiger partial charge in [-0.3, -0.25) is 9.59 Å². The molecular weight excluding hydrogens is 670 g/mol. The van der Waals surface area contributed by atoms with Crippen molar-refractivity contribution in [3.8, 4) is 11.4 Å². The number of cyclic esters (lactones) is 1. The van der Waals surface area contributed by atoms with Crippen LogP contribution < -0.4 is 16.6 Å². The van der Waals surface area contributed by atoms with Crippen LogP contribution in [0.2, 0.25) is 0 Å².